The maximum absolute atomic E-state index is 13.5. The first-order chi connectivity index (χ1) is 15.2. The van der Waals surface area contributed by atoms with Crippen LogP contribution < -0.4 is 20.1 Å². The smallest absolute Gasteiger partial charge is 0.260 e. The van der Waals surface area contributed by atoms with Crippen molar-refractivity contribution in [2.45, 2.75) is 36.9 Å². The average Bonchev–Trinajstić information content (AvgIpc) is 3.17. The van der Waals surface area contributed by atoms with E-state index < -0.39 is 10.8 Å². The van der Waals surface area contributed by atoms with E-state index in [0.29, 0.717) is 28.4 Å². The Kier molecular flexibility index (Phi) is 5.54. The maximum atomic E-state index is 13.5. The van der Waals surface area contributed by atoms with E-state index in [9.17, 15) is 14.4 Å². The van der Waals surface area contributed by atoms with Crippen molar-refractivity contribution in [2.24, 2.45) is 0 Å². The Labute approximate surface area is 190 Å². The summed E-state index contributed by atoms with van der Waals surface area (Å²) in [5, 5.41) is 5.32. The van der Waals surface area contributed by atoms with Gasteiger partial charge in [-0.1, -0.05) is 6.07 Å². The summed E-state index contributed by atoms with van der Waals surface area (Å²) in [4.78, 5) is 39.7. The molecule has 1 fully saturated rings. The predicted molar refractivity (Wildman–Crippen MR) is 123 cm³/mol. The maximum Gasteiger partial charge on any atom is 0.260 e. The molecule has 2 aromatic rings. The number of methoxy groups -OCH3 is 2. The second-order valence-corrected chi connectivity index (χ2v) is 9.94. The summed E-state index contributed by atoms with van der Waals surface area (Å²) in [6, 6.07) is 9.80. The number of hydrogen-bond donors (Lipinski definition) is 2. The van der Waals surface area contributed by atoms with Crippen LogP contribution in [0.2, 0.25) is 0 Å². The minimum absolute atomic E-state index is 0.170. The molecule has 2 aliphatic heterocycles. The van der Waals surface area contributed by atoms with Gasteiger partial charge in [-0.15, -0.1) is 11.8 Å². The SMILES string of the molecule is COc1ccc2c(c1OC)C(=O)N1[C@H]2SC(C)(C)[C@H]1C(=O)Nc1ccc(NC(C)=O)cc1. The lowest BCUT2D eigenvalue weighted by Crippen LogP contribution is -2.50. The van der Waals surface area contributed by atoms with Crippen LogP contribution in [0.15, 0.2) is 36.4 Å². The van der Waals surface area contributed by atoms with E-state index in [0.717, 1.165) is 5.56 Å². The molecule has 2 heterocycles. The highest BCUT2D eigenvalue weighted by Crippen LogP contribution is 2.58. The fourth-order valence-corrected chi connectivity index (χ4v) is 5.89. The average molecular weight is 456 g/mol. The minimum Gasteiger partial charge on any atom is -0.493 e. The van der Waals surface area contributed by atoms with Crippen LogP contribution in [0.3, 0.4) is 0 Å². The molecule has 0 aliphatic carbocycles. The van der Waals surface area contributed by atoms with Gasteiger partial charge in [0, 0.05) is 28.6 Å². The zero-order valence-corrected chi connectivity index (χ0v) is 19.3. The van der Waals surface area contributed by atoms with Crippen LogP contribution in [0.5, 0.6) is 11.5 Å². The molecule has 32 heavy (non-hydrogen) atoms. The fraction of sp³-hybridized carbons (Fsp3) is 0.348. The van der Waals surface area contributed by atoms with E-state index in [2.05, 4.69) is 10.6 Å². The molecule has 1 saturated heterocycles. The van der Waals surface area contributed by atoms with Crippen LogP contribution in [-0.4, -0.2) is 47.6 Å². The number of amides is 3. The van der Waals surface area contributed by atoms with Crippen LogP contribution in [0.25, 0.3) is 0 Å². The van der Waals surface area contributed by atoms with Gasteiger partial charge in [-0.25, -0.2) is 0 Å². The Morgan fingerprint density at radius 2 is 1.62 bits per heavy atom. The molecule has 4 rings (SSSR count). The second kappa shape index (κ2) is 8.05. The Hall–Kier alpha value is -3.20. The summed E-state index contributed by atoms with van der Waals surface area (Å²) in [5.74, 6) is 0.168. The molecular weight excluding hydrogens is 430 g/mol. The number of ether oxygens (including phenoxy) is 2. The normalized spacial score (nSPS) is 20.4. The first-order valence-electron chi connectivity index (χ1n) is 10.1. The molecule has 0 spiro atoms. The van der Waals surface area contributed by atoms with Gasteiger partial charge in [-0.3, -0.25) is 14.4 Å². The third kappa shape index (κ3) is 3.56. The molecule has 3 amide bonds. The molecule has 168 valence electrons. The van der Waals surface area contributed by atoms with Crippen molar-refractivity contribution in [3.05, 3.63) is 47.5 Å². The molecule has 2 aliphatic rings. The van der Waals surface area contributed by atoms with E-state index >= 15 is 0 Å². The van der Waals surface area contributed by atoms with Gasteiger partial charge in [0.25, 0.3) is 5.91 Å². The van der Waals surface area contributed by atoms with Gasteiger partial charge in [0.05, 0.1) is 19.8 Å². The third-order valence-electron chi connectivity index (χ3n) is 5.62. The van der Waals surface area contributed by atoms with E-state index in [-0.39, 0.29) is 23.1 Å². The van der Waals surface area contributed by atoms with Gasteiger partial charge in [0.1, 0.15) is 11.4 Å². The number of benzene rings is 2. The van der Waals surface area contributed by atoms with Gasteiger partial charge in [0.2, 0.25) is 11.8 Å². The largest absolute Gasteiger partial charge is 0.493 e. The van der Waals surface area contributed by atoms with E-state index in [4.69, 9.17) is 9.47 Å². The number of carbonyl (C=O) groups is 3. The monoisotopic (exact) mass is 455 g/mol. The van der Waals surface area contributed by atoms with Gasteiger partial charge in [-0.2, -0.15) is 0 Å². The van der Waals surface area contributed by atoms with Crippen LogP contribution >= 0.6 is 11.8 Å². The van der Waals surface area contributed by atoms with E-state index in [1.165, 1.54) is 21.1 Å². The van der Waals surface area contributed by atoms with Gasteiger partial charge >= 0.3 is 0 Å². The predicted octanol–water partition coefficient (Wildman–Crippen LogP) is 3.65. The fourth-order valence-electron chi connectivity index (χ4n) is 4.31. The molecule has 0 radical (unpaired) electrons. The summed E-state index contributed by atoms with van der Waals surface area (Å²) in [6.07, 6.45) is 0. The lowest BCUT2D eigenvalue weighted by molar-refractivity contribution is -0.121. The topological polar surface area (TPSA) is 97.0 Å². The highest BCUT2D eigenvalue weighted by atomic mass is 32.2. The summed E-state index contributed by atoms with van der Waals surface area (Å²) < 4.78 is 10.3. The summed E-state index contributed by atoms with van der Waals surface area (Å²) in [5.41, 5.74) is 2.48. The highest BCUT2D eigenvalue weighted by Gasteiger charge is 2.58. The molecule has 2 aromatic carbocycles. The number of thioether (sulfide) groups is 1. The van der Waals surface area contributed by atoms with E-state index in [1.807, 2.05) is 19.9 Å². The zero-order chi connectivity index (χ0) is 23.2. The van der Waals surface area contributed by atoms with Crippen LogP contribution in [0, 0.1) is 0 Å². The number of nitrogens with one attached hydrogen (secondary N) is 2. The lowest BCUT2D eigenvalue weighted by atomic mass is 10.0. The number of hydrogen-bond acceptors (Lipinski definition) is 6. The minimum atomic E-state index is -0.692. The Morgan fingerprint density at radius 3 is 2.19 bits per heavy atom. The quantitative estimate of drug-likeness (QED) is 0.714. The molecule has 0 aromatic heterocycles. The standard InChI is InChI=1S/C23H25N3O5S/c1-12(27)24-13-6-8-14(9-7-13)25-20(28)19-23(2,3)32-22-15-10-11-16(30-4)18(31-5)17(15)21(29)26(19)22/h6-11,19,22H,1-5H3,(H,24,27)(H,25,28)/t19-,22+/m1/s1. The van der Waals surface area contributed by atoms with Crippen molar-refractivity contribution >= 4 is 40.9 Å². The number of carbonyl (C=O) groups excluding carboxylic acids is 3. The van der Waals surface area contributed by atoms with Crippen molar-refractivity contribution < 1.29 is 23.9 Å². The first-order valence-corrected chi connectivity index (χ1v) is 11.0. The molecule has 0 saturated carbocycles. The first kappa shape index (κ1) is 22.0. The Bertz CT molecular complexity index is 1100. The van der Waals surface area contributed by atoms with Crippen LogP contribution in [0.1, 0.15) is 42.1 Å². The van der Waals surface area contributed by atoms with Crippen molar-refractivity contribution in [3.63, 3.8) is 0 Å². The highest BCUT2D eigenvalue weighted by molar-refractivity contribution is 8.01. The number of nitrogens with zero attached hydrogens (tertiary/aromatic N) is 1. The van der Waals surface area contributed by atoms with E-state index in [1.54, 1.807) is 47.0 Å². The Morgan fingerprint density at radius 1 is 1.00 bits per heavy atom. The molecule has 0 unspecified atom stereocenters. The zero-order valence-electron chi connectivity index (χ0n) is 18.5. The molecule has 0 bridgehead atoms. The molecule has 2 atom stereocenters. The summed E-state index contributed by atoms with van der Waals surface area (Å²) in [6.45, 7) is 5.36. The van der Waals surface area contributed by atoms with Gasteiger partial charge in [-0.05, 0) is 44.2 Å². The second-order valence-electron chi connectivity index (χ2n) is 8.20. The number of rotatable bonds is 5. The Balaban J connectivity index is 1.63. The number of fused-ring (bicyclic) bond motifs is 3. The summed E-state index contributed by atoms with van der Waals surface area (Å²) in [7, 11) is 3.02. The summed E-state index contributed by atoms with van der Waals surface area (Å²) >= 11 is 1.57. The van der Waals surface area contributed by atoms with Crippen LogP contribution in [0.4, 0.5) is 11.4 Å². The van der Waals surface area contributed by atoms with Crippen molar-refractivity contribution in [2.75, 3.05) is 24.9 Å². The molecule has 9 heteroatoms. The van der Waals surface area contributed by atoms with Crippen molar-refractivity contribution in [3.8, 4) is 11.5 Å². The molecule has 8 nitrogen and oxygen atoms in total. The van der Waals surface area contributed by atoms with Gasteiger partial charge < -0.3 is 25.0 Å². The third-order valence-corrected chi connectivity index (χ3v) is 7.15. The van der Waals surface area contributed by atoms with Gasteiger partial charge in [0.15, 0.2) is 11.5 Å². The van der Waals surface area contributed by atoms with Crippen LogP contribution in [-0.2, 0) is 9.59 Å². The molecule has 2 N–H and O–H groups in total. The van der Waals surface area contributed by atoms with Crippen molar-refractivity contribution in [1.29, 1.82) is 0 Å². The lowest BCUT2D eigenvalue weighted by Gasteiger charge is -2.29. The van der Waals surface area contributed by atoms with Crippen molar-refractivity contribution in [1.82, 2.24) is 4.90 Å². The number of anilines is 2. The molecular formula is C23H25N3O5S.